The van der Waals surface area contributed by atoms with Crippen molar-refractivity contribution in [1.29, 1.82) is 0 Å². The van der Waals surface area contributed by atoms with Crippen molar-refractivity contribution in [2.24, 2.45) is 0 Å². The van der Waals surface area contributed by atoms with Gasteiger partial charge in [0.1, 0.15) is 0 Å². The molecule has 1 aliphatic carbocycles. The van der Waals surface area contributed by atoms with Crippen LogP contribution in [0.1, 0.15) is 17.0 Å². The van der Waals surface area contributed by atoms with E-state index in [4.69, 9.17) is 0 Å². The molecule has 3 rings (SSSR count). The van der Waals surface area contributed by atoms with Gasteiger partial charge in [-0.2, -0.15) is 0 Å². The summed E-state index contributed by atoms with van der Waals surface area (Å²) in [5, 5.41) is 3.45. The molecule has 1 heteroatoms. The molecule has 1 unspecified atom stereocenters. The molecule has 2 aliphatic rings. The molecule has 1 nitrogen and oxygen atoms in total. The summed E-state index contributed by atoms with van der Waals surface area (Å²) in [5.41, 5.74) is 5.02. The highest BCUT2D eigenvalue weighted by Crippen LogP contribution is 2.40. The van der Waals surface area contributed by atoms with Crippen molar-refractivity contribution in [2.75, 3.05) is 5.32 Å². The number of anilines is 1. The van der Waals surface area contributed by atoms with Crippen molar-refractivity contribution in [3.63, 3.8) is 0 Å². The molecule has 1 aliphatic heterocycles. The Morgan fingerprint density at radius 1 is 1.33 bits per heavy atom. The number of benzene rings is 1. The lowest BCUT2D eigenvalue weighted by Crippen LogP contribution is -1.96. The largest absolute Gasteiger partial charge is 0.357 e. The summed E-state index contributed by atoms with van der Waals surface area (Å²) in [7, 11) is 0. The van der Waals surface area contributed by atoms with Gasteiger partial charge in [-0.1, -0.05) is 36.1 Å². The van der Waals surface area contributed by atoms with Crippen LogP contribution in [0.3, 0.4) is 0 Å². The molecule has 1 aromatic carbocycles. The molecule has 0 saturated heterocycles. The van der Waals surface area contributed by atoms with Gasteiger partial charge in [0, 0.05) is 11.4 Å². The molecule has 0 aromatic heterocycles. The number of fused-ring (bicyclic) bond motifs is 3. The van der Waals surface area contributed by atoms with Crippen LogP contribution < -0.4 is 5.32 Å². The van der Waals surface area contributed by atoms with Gasteiger partial charge in [-0.15, -0.1) is 0 Å². The van der Waals surface area contributed by atoms with Gasteiger partial charge in [-0.05, 0) is 30.2 Å². The van der Waals surface area contributed by atoms with E-state index < -0.39 is 0 Å². The second kappa shape index (κ2) is 3.03. The van der Waals surface area contributed by atoms with E-state index in [1.807, 2.05) is 12.2 Å². The third kappa shape index (κ3) is 1.19. The van der Waals surface area contributed by atoms with Gasteiger partial charge in [0.2, 0.25) is 0 Å². The van der Waals surface area contributed by atoms with Crippen LogP contribution in [0.5, 0.6) is 0 Å². The van der Waals surface area contributed by atoms with Crippen LogP contribution in [-0.2, 0) is 0 Å². The van der Waals surface area contributed by atoms with Crippen molar-refractivity contribution in [3.8, 4) is 11.8 Å². The highest BCUT2D eigenvalue weighted by molar-refractivity contribution is 5.72. The molecule has 0 saturated carbocycles. The van der Waals surface area contributed by atoms with Gasteiger partial charge in [0.15, 0.2) is 0 Å². The Kier molecular flexibility index (Phi) is 1.69. The van der Waals surface area contributed by atoms with E-state index in [-0.39, 0.29) is 5.92 Å². The van der Waals surface area contributed by atoms with E-state index in [9.17, 15) is 0 Å². The topological polar surface area (TPSA) is 12.0 Å². The molecule has 1 aromatic rings. The second-order valence-corrected chi connectivity index (χ2v) is 3.87. The molecule has 15 heavy (non-hydrogen) atoms. The van der Waals surface area contributed by atoms with E-state index in [0.717, 1.165) is 0 Å². The predicted octanol–water partition coefficient (Wildman–Crippen LogP) is 2.96. The van der Waals surface area contributed by atoms with Gasteiger partial charge in [0.25, 0.3) is 0 Å². The molecule has 72 valence electrons. The quantitative estimate of drug-likeness (QED) is 0.625. The van der Waals surface area contributed by atoms with E-state index in [0.29, 0.717) is 0 Å². The van der Waals surface area contributed by atoms with Crippen LogP contribution >= 0.6 is 0 Å². The molecule has 0 spiro atoms. The zero-order valence-electron chi connectivity index (χ0n) is 8.54. The van der Waals surface area contributed by atoms with Crippen molar-refractivity contribution in [2.45, 2.75) is 12.8 Å². The zero-order chi connectivity index (χ0) is 10.3. The first-order chi connectivity index (χ1) is 7.36. The van der Waals surface area contributed by atoms with E-state index in [1.165, 1.54) is 22.5 Å². The highest BCUT2D eigenvalue weighted by atomic mass is 14.9. The summed E-state index contributed by atoms with van der Waals surface area (Å²) in [5.74, 6) is 6.55. The minimum absolute atomic E-state index is 0.231. The number of hydrogen-bond acceptors (Lipinski definition) is 1. The highest BCUT2D eigenvalue weighted by Gasteiger charge is 2.26. The van der Waals surface area contributed by atoms with Crippen LogP contribution in [-0.4, -0.2) is 0 Å². The summed E-state index contributed by atoms with van der Waals surface area (Å²) in [6.07, 6.45) is 5.98. The Hall–Kier alpha value is -1.94. The average Bonchev–Trinajstić information content (AvgIpc) is 2.45. The van der Waals surface area contributed by atoms with Crippen LogP contribution in [0.2, 0.25) is 0 Å². The monoisotopic (exact) mass is 193 g/mol. The fourth-order valence-corrected chi connectivity index (χ4v) is 2.11. The third-order valence-corrected chi connectivity index (χ3v) is 2.88. The molecule has 0 radical (unpaired) electrons. The molecule has 1 N–H and O–H groups in total. The summed E-state index contributed by atoms with van der Waals surface area (Å²) in [6.45, 7) is 2.13. The molecule has 0 fully saturated rings. The number of allylic oxidation sites excluding steroid dienone is 4. The Morgan fingerprint density at radius 2 is 2.27 bits per heavy atom. The van der Waals surface area contributed by atoms with Gasteiger partial charge >= 0.3 is 0 Å². The average molecular weight is 193 g/mol. The second-order valence-electron chi connectivity index (χ2n) is 3.87. The van der Waals surface area contributed by atoms with Crippen molar-refractivity contribution in [1.82, 2.24) is 0 Å². The lowest BCUT2D eigenvalue weighted by molar-refractivity contribution is 1.10. The van der Waals surface area contributed by atoms with Gasteiger partial charge in [-0.3, -0.25) is 0 Å². The van der Waals surface area contributed by atoms with Crippen LogP contribution in [0.4, 0.5) is 5.69 Å². The molecule has 1 heterocycles. The number of para-hydroxylation sites is 1. The number of rotatable bonds is 0. The first kappa shape index (κ1) is 8.38. The van der Waals surface area contributed by atoms with E-state index in [2.05, 4.69) is 48.4 Å². The SMILES string of the molecule is Cc1cccc2c1NC1=CC=CC#CC12. The smallest absolute Gasteiger partial charge is 0.0875 e. The van der Waals surface area contributed by atoms with Crippen molar-refractivity contribution in [3.05, 3.63) is 53.3 Å². The van der Waals surface area contributed by atoms with Crippen LogP contribution in [0.15, 0.2) is 42.1 Å². The Bertz CT molecular complexity index is 538. The summed E-state index contributed by atoms with van der Waals surface area (Å²) in [4.78, 5) is 0. The minimum atomic E-state index is 0.231. The van der Waals surface area contributed by atoms with Crippen LogP contribution in [0.25, 0.3) is 0 Å². The lowest BCUT2D eigenvalue weighted by Gasteiger charge is -2.02. The molecular weight excluding hydrogens is 182 g/mol. The summed E-state index contributed by atoms with van der Waals surface area (Å²) >= 11 is 0. The minimum Gasteiger partial charge on any atom is -0.357 e. The zero-order valence-corrected chi connectivity index (χ0v) is 8.54. The lowest BCUT2D eigenvalue weighted by atomic mass is 9.98. The number of aryl methyl sites for hydroxylation is 1. The normalized spacial score (nSPS) is 20.3. The molecule has 1 atom stereocenters. The first-order valence-electron chi connectivity index (χ1n) is 5.10. The van der Waals surface area contributed by atoms with Crippen molar-refractivity contribution < 1.29 is 0 Å². The number of hydrogen-bond donors (Lipinski definition) is 1. The fourth-order valence-electron chi connectivity index (χ4n) is 2.11. The summed E-state index contributed by atoms with van der Waals surface area (Å²) < 4.78 is 0. The molecular formula is C14H11N. The molecule has 0 amide bonds. The van der Waals surface area contributed by atoms with Gasteiger partial charge in [0.05, 0.1) is 5.92 Å². The maximum absolute atomic E-state index is 3.45. The summed E-state index contributed by atoms with van der Waals surface area (Å²) in [6, 6.07) is 6.38. The van der Waals surface area contributed by atoms with Crippen LogP contribution in [0, 0.1) is 18.8 Å². The Labute approximate surface area is 89.5 Å². The standard InChI is InChI=1S/C14H11N/c1-10-6-5-8-12-11-7-3-2-4-9-13(11)15-14(10)12/h2,4-6,8-9,11,15H,1H3. The Balaban J connectivity index is 2.21. The van der Waals surface area contributed by atoms with E-state index in [1.54, 1.807) is 0 Å². The fraction of sp³-hybridized carbons (Fsp3) is 0.143. The maximum atomic E-state index is 3.45. The van der Waals surface area contributed by atoms with Gasteiger partial charge in [-0.25, -0.2) is 0 Å². The predicted molar refractivity (Wildman–Crippen MR) is 62.5 cm³/mol. The van der Waals surface area contributed by atoms with Gasteiger partial charge < -0.3 is 5.32 Å². The van der Waals surface area contributed by atoms with E-state index >= 15 is 0 Å². The van der Waals surface area contributed by atoms with Crippen molar-refractivity contribution >= 4 is 5.69 Å². The number of nitrogens with one attached hydrogen (secondary N) is 1. The first-order valence-corrected chi connectivity index (χ1v) is 5.10. The third-order valence-electron chi connectivity index (χ3n) is 2.88. The molecule has 0 bridgehead atoms. The maximum Gasteiger partial charge on any atom is 0.0875 e. The Morgan fingerprint density at radius 3 is 3.20 bits per heavy atom.